The summed E-state index contributed by atoms with van der Waals surface area (Å²) >= 11 is 0. The molecule has 0 heterocycles. The third-order valence-corrected chi connectivity index (χ3v) is 3.04. The van der Waals surface area contributed by atoms with Gasteiger partial charge in [-0.3, -0.25) is 0 Å². The zero-order valence-electron chi connectivity index (χ0n) is 11.5. The molecule has 1 rings (SSSR count). The van der Waals surface area contributed by atoms with Gasteiger partial charge in [-0.15, -0.1) is 0 Å². The van der Waals surface area contributed by atoms with Crippen LogP contribution in [0.4, 0.5) is 17.6 Å². The summed E-state index contributed by atoms with van der Waals surface area (Å²) in [6.45, 7) is 8.68. The Hall–Kier alpha value is -1.76. The third-order valence-electron chi connectivity index (χ3n) is 3.04. The highest BCUT2D eigenvalue weighted by atomic mass is 19.3. The van der Waals surface area contributed by atoms with Gasteiger partial charge in [0.15, 0.2) is 0 Å². The van der Waals surface area contributed by atoms with Crippen LogP contribution in [0.5, 0.6) is 0 Å². The SMILES string of the molecule is C=C(C)C(F)(F)C(F)(F)C(=C)C#CC1=CC=C(C)CC1. The van der Waals surface area contributed by atoms with Crippen LogP contribution in [0.25, 0.3) is 0 Å². The Labute approximate surface area is 116 Å². The molecule has 0 radical (unpaired) electrons. The lowest BCUT2D eigenvalue weighted by Crippen LogP contribution is -2.42. The summed E-state index contributed by atoms with van der Waals surface area (Å²) in [6.07, 6.45) is 4.93. The van der Waals surface area contributed by atoms with Gasteiger partial charge in [-0.25, -0.2) is 0 Å². The molecule has 0 fully saturated rings. The van der Waals surface area contributed by atoms with E-state index >= 15 is 0 Å². The van der Waals surface area contributed by atoms with Crippen molar-refractivity contribution in [2.75, 3.05) is 0 Å². The standard InChI is InChI=1S/C16H16F4/c1-11(2)15(17,18)16(19,20)13(4)7-10-14-8-5-12(3)6-9-14/h5,8H,1,4,6,9H2,2-3H3. The van der Waals surface area contributed by atoms with Gasteiger partial charge in [0.2, 0.25) is 0 Å². The molecule has 0 spiro atoms. The van der Waals surface area contributed by atoms with E-state index in [0.717, 1.165) is 18.9 Å². The Morgan fingerprint density at radius 3 is 2.15 bits per heavy atom. The molecule has 0 unspecified atom stereocenters. The van der Waals surface area contributed by atoms with Gasteiger partial charge in [0.05, 0.1) is 5.57 Å². The first-order valence-electron chi connectivity index (χ1n) is 6.08. The van der Waals surface area contributed by atoms with E-state index in [-0.39, 0.29) is 0 Å². The van der Waals surface area contributed by atoms with Gasteiger partial charge >= 0.3 is 11.8 Å². The van der Waals surface area contributed by atoms with E-state index in [0.29, 0.717) is 12.0 Å². The molecule has 0 aromatic carbocycles. The number of allylic oxidation sites excluding steroid dienone is 6. The fraction of sp³-hybridized carbons (Fsp3) is 0.375. The highest BCUT2D eigenvalue weighted by molar-refractivity contribution is 5.44. The maximum atomic E-state index is 13.6. The van der Waals surface area contributed by atoms with E-state index in [2.05, 4.69) is 25.0 Å². The zero-order chi connectivity index (χ0) is 15.6. The smallest absolute Gasteiger partial charge is 0.194 e. The van der Waals surface area contributed by atoms with Crippen molar-refractivity contribution in [2.45, 2.75) is 38.5 Å². The molecular formula is C16H16F4. The molecule has 0 atom stereocenters. The lowest BCUT2D eigenvalue weighted by Gasteiger charge is -2.26. The number of halogens is 4. The van der Waals surface area contributed by atoms with Crippen molar-refractivity contribution in [2.24, 2.45) is 0 Å². The second-order valence-corrected chi connectivity index (χ2v) is 4.86. The summed E-state index contributed by atoms with van der Waals surface area (Å²) in [6, 6.07) is 0. The first-order chi connectivity index (χ1) is 9.09. The van der Waals surface area contributed by atoms with Gasteiger partial charge in [0.1, 0.15) is 0 Å². The molecule has 20 heavy (non-hydrogen) atoms. The highest BCUT2D eigenvalue weighted by Gasteiger charge is 2.58. The van der Waals surface area contributed by atoms with E-state index in [1.807, 2.05) is 13.0 Å². The monoisotopic (exact) mass is 284 g/mol. The minimum Gasteiger partial charge on any atom is -0.194 e. The molecule has 0 aliphatic heterocycles. The lowest BCUT2D eigenvalue weighted by atomic mass is 9.97. The van der Waals surface area contributed by atoms with Crippen LogP contribution in [-0.4, -0.2) is 11.8 Å². The Morgan fingerprint density at radius 1 is 1.10 bits per heavy atom. The average molecular weight is 284 g/mol. The normalized spacial score (nSPS) is 15.7. The van der Waals surface area contributed by atoms with Gasteiger partial charge in [-0.2, -0.15) is 17.6 Å². The maximum absolute atomic E-state index is 13.6. The fourth-order valence-corrected chi connectivity index (χ4v) is 1.54. The molecule has 1 aliphatic rings. The van der Waals surface area contributed by atoms with Crippen LogP contribution in [0.15, 0.2) is 47.6 Å². The molecule has 0 saturated carbocycles. The second kappa shape index (κ2) is 5.70. The largest absolute Gasteiger partial charge is 0.346 e. The molecule has 108 valence electrons. The number of rotatable bonds is 3. The van der Waals surface area contributed by atoms with Gasteiger partial charge in [-0.1, -0.05) is 42.7 Å². The molecule has 0 amide bonds. The summed E-state index contributed by atoms with van der Waals surface area (Å²) in [5.41, 5.74) is -0.224. The van der Waals surface area contributed by atoms with Crippen LogP contribution in [0, 0.1) is 11.8 Å². The van der Waals surface area contributed by atoms with E-state index in [4.69, 9.17) is 0 Å². The van der Waals surface area contributed by atoms with Crippen molar-refractivity contribution in [1.82, 2.24) is 0 Å². The predicted molar refractivity (Wildman–Crippen MR) is 72.7 cm³/mol. The predicted octanol–water partition coefficient (Wildman–Crippen LogP) is 5.06. The minimum absolute atomic E-state index is 0.616. The van der Waals surface area contributed by atoms with Crippen molar-refractivity contribution in [1.29, 1.82) is 0 Å². The molecule has 0 nitrogen and oxygen atoms in total. The summed E-state index contributed by atoms with van der Waals surface area (Å²) in [7, 11) is 0. The van der Waals surface area contributed by atoms with Gasteiger partial charge in [0.25, 0.3) is 0 Å². The van der Waals surface area contributed by atoms with E-state index in [1.54, 1.807) is 6.08 Å². The van der Waals surface area contributed by atoms with Gasteiger partial charge in [0, 0.05) is 5.57 Å². The zero-order valence-corrected chi connectivity index (χ0v) is 11.5. The van der Waals surface area contributed by atoms with Crippen LogP contribution in [0.2, 0.25) is 0 Å². The van der Waals surface area contributed by atoms with E-state index in [9.17, 15) is 17.6 Å². The molecule has 4 heteroatoms. The molecule has 0 N–H and O–H groups in total. The van der Waals surface area contributed by atoms with E-state index < -0.39 is 23.0 Å². The molecule has 1 aliphatic carbocycles. The van der Waals surface area contributed by atoms with Crippen molar-refractivity contribution in [3.8, 4) is 11.8 Å². The van der Waals surface area contributed by atoms with Gasteiger partial charge in [-0.05, 0) is 32.3 Å². The van der Waals surface area contributed by atoms with Crippen molar-refractivity contribution >= 4 is 0 Å². The molecule has 0 saturated heterocycles. The fourth-order valence-electron chi connectivity index (χ4n) is 1.54. The molecule has 0 bridgehead atoms. The molecule has 0 aromatic rings. The Kier molecular flexibility index (Phi) is 4.65. The number of hydrogen-bond acceptors (Lipinski definition) is 0. The first-order valence-corrected chi connectivity index (χ1v) is 6.08. The summed E-state index contributed by atoms with van der Waals surface area (Å²) in [4.78, 5) is 0. The summed E-state index contributed by atoms with van der Waals surface area (Å²) < 4.78 is 54.0. The average Bonchev–Trinajstić information content (AvgIpc) is 2.37. The minimum atomic E-state index is -4.42. The van der Waals surface area contributed by atoms with Crippen molar-refractivity contribution in [3.63, 3.8) is 0 Å². The lowest BCUT2D eigenvalue weighted by molar-refractivity contribution is -0.158. The molecule has 0 aromatic heterocycles. The van der Waals surface area contributed by atoms with Gasteiger partial charge < -0.3 is 0 Å². The highest BCUT2D eigenvalue weighted by Crippen LogP contribution is 2.43. The van der Waals surface area contributed by atoms with Crippen molar-refractivity contribution < 1.29 is 17.6 Å². The summed E-state index contributed by atoms with van der Waals surface area (Å²) in [5, 5.41) is 0. The Morgan fingerprint density at radius 2 is 1.70 bits per heavy atom. The van der Waals surface area contributed by atoms with Crippen LogP contribution >= 0.6 is 0 Å². The maximum Gasteiger partial charge on any atom is 0.346 e. The Bertz CT molecular complexity index is 551. The number of hydrogen-bond donors (Lipinski definition) is 0. The third kappa shape index (κ3) is 3.22. The quantitative estimate of drug-likeness (QED) is 0.386. The van der Waals surface area contributed by atoms with E-state index in [1.165, 1.54) is 0 Å². The number of alkyl halides is 4. The first kappa shape index (κ1) is 16.3. The van der Waals surface area contributed by atoms with Crippen LogP contribution in [0.1, 0.15) is 26.7 Å². The topological polar surface area (TPSA) is 0 Å². The van der Waals surface area contributed by atoms with Crippen LogP contribution in [0.3, 0.4) is 0 Å². The van der Waals surface area contributed by atoms with Crippen molar-refractivity contribution in [3.05, 3.63) is 47.6 Å². The van der Waals surface area contributed by atoms with Crippen LogP contribution in [-0.2, 0) is 0 Å². The van der Waals surface area contributed by atoms with Crippen LogP contribution < -0.4 is 0 Å². The molecular weight excluding hydrogens is 268 g/mol. The summed E-state index contributed by atoms with van der Waals surface area (Å²) in [5.74, 6) is -4.24. The Balaban J connectivity index is 2.95. The second-order valence-electron chi connectivity index (χ2n) is 4.86.